The van der Waals surface area contributed by atoms with Crippen LogP contribution in [0.25, 0.3) is 0 Å². The lowest BCUT2D eigenvalue weighted by Crippen LogP contribution is -2.82. The first-order valence-corrected chi connectivity index (χ1v) is 29.9. The standard InChI is InChI=1S/C61H71NO16Si/c1-37-44(75-57(70)50(66)49(41-25-15-10-16-26-41)62-55(68)42-27-17-11-18-28-42)34-61(71)54(76-56(69)43-29-19-12-20-30-43)52-59(6,53(67)51(74-38(2)63)48(37)58(61,4)5)45(33-46-60(52,36-73-46)77-39(3)64)78-79(7,8)32-22-21-31-47(65)72-35-40-23-13-9-14-24-40/h9-20,23-30,44-46,49-52,54,66,71H,21-22,31-36H2,1-8H3,(H,62,68)/t44-,45-,46+,49-,50+,51+,52?,54-,59+,60-,61+/m0/s1. The molecule has 2 bridgehead atoms. The summed E-state index contributed by atoms with van der Waals surface area (Å²) < 4.78 is 44.5. The molecule has 79 heavy (non-hydrogen) atoms. The molecule has 4 aliphatic rings. The highest BCUT2D eigenvalue weighted by Crippen LogP contribution is 2.65. The van der Waals surface area contributed by atoms with Crippen molar-refractivity contribution in [3.8, 4) is 0 Å². The fraction of sp³-hybridized carbons (Fsp3) is 0.459. The van der Waals surface area contributed by atoms with Crippen LogP contribution in [0.3, 0.4) is 0 Å². The van der Waals surface area contributed by atoms with Crippen LogP contribution >= 0.6 is 0 Å². The van der Waals surface area contributed by atoms with Gasteiger partial charge in [-0.1, -0.05) is 117 Å². The highest BCUT2D eigenvalue weighted by molar-refractivity contribution is 6.71. The molecule has 0 radical (unpaired) electrons. The summed E-state index contributed by atoms with van der Waals surface area (Å²) in [5.74, 6) is -6.95. The van der Waals surface area contributed by atoms with Gasteiger partial charge in [-0.15, -0.1) is 0 Å². The van der Waals surface area contributed by atoms with E-state index in [2.05, 4.69) is 5.32 Å². The summed E-state index contributed by atoms with van der Waals surface area (Å²) in [6.07, 6.45) is -8.62. The summed E-state index contributed by atoms with van der Waals surface area (Å²) in [6, 6.07) is 33.0. The molecule has 1 aliphatic heterocycles. The lowest BCUT2D eigenvalue weighted by atomic mass is 9.44. The van der Waals surface area contributed by atoms with Gasteiger partial charge in [-0.2, -0.15) is 0 Å². The number of aliphatic hydroxyl groups excluding tert-OH is 1. The fourth-order valence-corrected chi connectivity index (χ4v) is 14.7. The van der Waals surface area contributed by atoms with Crippen LogP contribution in [0.2, 0.25) is 19.1 Å². The third-order valence-corrected chi connectivity index (χ3v) is 19.0. The van der Waals surface area contributed by atoms with Crippen molar-refractivity contribution in [1.82, 2.24) is 5.32 Å². The van der Waals surface area contributed by atoms with Crippen LogP contribution in [0, 0.1) is 16.7 Å². The van der Waals surface area contributed by atoms with Crippen molar-refractivity contribution in [1.29, 1.82) is 0 Å². The Hall–Kier alpha value is -6.83. The number of aliphatic hydroxyl groups is 2. The van der Waals surface area contributed by atoms with Crippen molar-refractivity contribution in [3.05, 3.63) is 155 Å². The zero-order valence-corrected chi connectivity index (χ0v) is 46.9. The molecule has 11 atom stereocenters. The molecule has 0 spiro atoms. The average molecular weight is 1100 g/mol. The molecule has 1 amide bonds. The van der Waals surface area contributed by atoms with Gasteiger partial charge in [0.25, 0.3) is 5.91 Å². The Balaban J connectivity index is 1.22. The fourth-order valence-electron chi connectivity index (χ4n) is 12.4. The smallest absolute Gasteiger partial charge is 0.338 e. The summed E-state index contributed by atoms with van der Waals surface area (Å²) in [5.41, 5.74) is -6.02. The minimum absolute atomic E-state index is 0.0121. The first-order valence-electron chi connectivity index (χ1n) is 26.8. The van der Waals surface area contributed by atoms with E-state index in [1.807, 2.05) is 43.4 Å². The Morgan fingerprint density at radius 2 is 1.38 bits per heavy atom. The predicted octanol–water partition coefficient (Wildman–Crippen LogP) is 7.88. The van der Waals surface area contributed by atoms with E-state index in [-0.39, 0.29) is 54.3 Å². The molecule has 0 aromatic heterocycles. The van der Waals surface area contributed by atoms with Gasteiger partial charge in [0.2, 0.25) is 0 Å². The van der Waals surface area contributed by atoms with Crippen molar-refractivity contribution in [2.45, 2.75) is 153 Å². The minimum Gasteiger partial charge on any atom is -0.461 e. The molecule has 4 aromatic carbocycles. The number of Topliss-reactive ketones (excluding diaryl/α,β-unsaturated/α-hetero) is 1. The average Bonchev–Trinajstić information content (AvgIpc) is 2.61. The third kappa shape index (κ3) is 11.8. The number of carbonyl (C=O) groups is 7. The van der Waals surface area contributed by atoms with Gasteiger partial charge in [0.05, 0.1) is 35.6 Å². The maximum Gasteiger partial charge on any atom is 0.338 e. The van der Waals surface area contributed by atoms with Crippen LogP contribution in [0.4, 0.5) is 0 Å². The van der Waals surface area contributed by atoms with Crippen LogP contribution in [-0.4, -0.2) is 115 Å². The van der Waals surface area contributed by atoms with E-state index in [9.17, 15) is 39.0 Å². The van der Waals surface area contributed by atoms with Gasteiger partial charge in [0, 0.05) is 44.1 Å². The second kappa shape index (κ2) is 23.5. The van der Waals surface area contributed by atoms with Gasteiger partial charge in [0.15, 0.2) is 31.9 Å². The number of carbonyl (C=O) groups excluding carboxylic acids is 7. The second-order valence-corrected chi connectivity index (χ2v) is 26.8. The SMILES string of the molecule is CC(=O)O[C@H]1C(=O)[C@@]2(C)C([C@H](OC(=O)c3ccccc3)[C@]3(O)C[C@H](OC(=O)[C@H](O)[C@@H](NC(=O)c4ccccc4)c4ccccc4)C(C)=C1C3(C)C)[C@]1(OC(C)=O)CO[C@@H]1C[C@@H]2O[Si](C)(C)CCCCC(=O)OCc1ccccc1. The number of fused-ring (bicyclic) bond motifs is 5. The number of nitrogens with one attached hydrogen (secondary N) is 1. The third-order valence-electron chi connectivity index (χ3n) is 16.6. The van der Waals surface area contributed by atoms with E-state index < -0.39 is 121 Å². The zero-order valence-electron chi connectivity index (χ0n) is 45.9. The molecule has 18 heteroatoms. The van der Waals surface area contributed by atoms with Gasteiger partial charge < -0.3 is 48.4 Å². The Kier molecular flexibility index (Phi) is 17.3. The molecule has 420 valence electrons. The summed E-state index contributed by atoms with van der Waals surface area (Å²) in [5, 5.41) is 29.0. The molecular weight excluding hydrogens is 1030 g/mol. The number of hydrogen-bond acceptors (Lipinski definition) is 16. The van der Waals surface area contributed by atoms with Gasteiger partial charge >= 0.3 is 29.8 Å². The quantitative estimate of drug-likeness (QED) is 0.0266. The lowest BCUT2D eigenvalue weighted by Gasteiger charge is -2.68. The van der Waals surface area contributed by atoms with Crippen LogP contribution in [0.1, 0.15) is 112 Å². The molecule has 1 heterocycles. The number of ketones is 1. The number of rotatable bonds is 19. The van der Waals surface area contributed by atoms with Crippen LogP contribution in [-0.2, 0) is 63.4 Å². The van der Waals surface area contributed by atoms with Crippen molar-refractivity contribution in [2.75, 3.05) is 6.61 Å². The molecule has 1 unspecified atom stereocenters. The van der Waals surface area contributed by atoms with E-state index in [0.29, 0.717) is 24.4 Å². The summed E-state index contributed by atoms with van der Waals surface area (Å²) in [4.78, 5) is 99.5. The summed E-state index contributed by atoms with van der Waals surface area (Å²) in [6.45, 7) is 12.5. The summed E-state index contributed by atoms with van der Waals surface area (Å²) in [7, 11) is -2.92. The number of ether oxygens (including phenoxy) is 6. The second-order valence-electron chi connectivity index (χ2n) is 22.6. The number of unbranched alkanes of at least 4 members (excludes halogenated alkanes) is 1. The molecule has 4 aromatic rings. The molecule has 17 nitrogen and oxygen atoms in total. The van der Waals surface area contributed by atoms with Crippen molar-refractivity contribution >= 4 is 49.9 Å². The topological polar surface area (TPSA) is 237 Å². The van der Waals surface area contributed by atoms with E-state index in [1.165, 1.54) is 19.1 Å². The Morgan fingerprint density at radius 1 is 0.785 bits per heavy atom. The maximum atomic E-state index is 16.5. The molecule has 3 aliphatic carbocycles. The monoisotopic (exact) mass is 1100 g/mol. The predicted molar refractivity (Wildman–Crippen MR) is 289 cm³/mol. The summed E-state index contributed by atoms with van der Waals surface area (Å²) >= 11 is 0. The van der Waals surface area contributed by atoms with Crippen LogP contribution in [0.15, 0.2) is 132 Å². The molecule has 2 saturated carbocycles. The Labute approximate surface area is 461 Å². The number of benzene rings is 4. The Bertz CT molecular complexity index is 2930. The highest BCUT2D eigenvalue weighted by Gasteiger charge is 2.79. The van der Waals surface area contributed by atoms with Gasteiger partial charge in [-0.05, 0) is 85.9 Å². The molecule has 3 fully saturated rings. The van der Waals surface area contributed by atoms with Gasteiger partial charge in [-0.25, -0.2) is 9.59 Å². The maximum absolute atomic E-state index is 16.5. The number of hydrogen-bond donors (Lipinski definition) is 3. The van der Waals surface area contributed by atoms with Crippen LogP contribution in [0.5, 0.6) is 0 Å². The lowest BCUT2D eigenvalue weighted by molar-refractivity contribution is -0.344. The van der Waals surface area contributed by atoms with Crippen molar-refractivity contribution in [2.24, 2.45) is 16.7 Å². The molecule has 3 N–H and O–H groups in total. The van der Waals surface area contributed by atoms with E-state index >= 15 is 4.79 Å². The van der Waals surface area contributed by atoms with E-state index in [0.717, 1.165) is 12.5 Å². The van der Waals surface area contributed by atoms with Gasteiger partial charge in [0.1, 0.15) is 30.5 Å². The van der Waals surface area contributed by atoms with Crippen molar-refractivity contribution < 1.29 is 76.6 Å². The van der Waals surface area contributed by atoms with Gasteiger partial charge in [-0.3, -0.25) is 24.0 Å². The minimum atomic E-state index is -2.92. The highest BCUT2D eigenvalue weighted by atomic mass is 28.4. The first kappa shape index (κ1) is 58.3. The molecule has 8 rings (SSSR count). The molecular formula is C61H71NO16Si. The molecule has 1 saturated heterocycles. The first-order chi connectivity index (χ1) is 37.4. The van der Waals surface area contributed by atoms with Crippen molar-refractivity contribution in [3.63, 3.8) is 0 Å². The zero-order chi connectivity index (χ0) is 57.1. The number of esters is 5. The normalized spacial score (nSPS) is 27.6. The van der Waals surface area contributed by atoms with Crippen LogP contribution < -0.4 is 5.32 Å². The van der Waals surface area contributed by atoms with E-state index in [1.54, 1.807) is 107 Å². The largest absolute Gasteiger partial charge is 0.461 e. The Morgan fingerprint density at radius 3 is 1.96 bits per heavy atom. The number of amides is 1. The van der Waals surface area contributed by atoms with E-state index in [4.69, 9.17) is 32.8 Å².